The van der Waals surface area contributed by atoms with Crippen LogP contribution in [0.1, 0.15) is 31.2 Å². The Morgan fingerprint density at radius 3 is 2.62 bits per heavy atom. The first kappa shape index (κ1) is 27.2. The molecule has 0 aliphatic carbocycles. The molecule has 0 bridgehead atoms. The van der Waals surface area contributed by atoms with Crippen LogP contribution in [0, 0.1) is 0 Å². The van der Waals surface area contributed by atoms with E-state index in [0.717, 1.165) is 19.0 Å². The molecule has 0 amide bonds. The fraction of sp³-hybridized carbons (Fsp3) is 0.370. The van der Waals surface area contributed by atoms with Crippen molar-refractivity contribution in [2.24, 2.45) is 4.99 Å². The highest BCUT2D eigenvalue weighted by Crippen LogP contribution is 2.40. The molecule has 1 saturated heterocycles. The highest BCUT2D eigenvalue weighted by molar-refractivity contribution is 9.10. The van der Waals surface area contributed by atoms with Gasteiger partial charge in [0.2, 0.25) is 0 Å². The number of halogens is 1. The number of hydrogen-bond acceptors (Lipinski definition) is 10. The Kier molecular flexibility index (Phi) is 7.96. The van der Waals surface area contributed by atoms with Crippen molar-refractivity contribution >= 4 is 45.2 Å². The Morgan fingerprint density at radius 1 is 1.21 bits per heavy atom. The summed E-state index contributed by atoms with van der Waals surface area (Å²) in [5, 5.41) is 0. The quantitative estimate of drug-likeness (QED) is 0.373. The molecule has 1 fully saturated rings. The fourth-order valence-electron chi connectivity index (χ4n) is 4.67. The van der Waals surface area contributed by atoms with Crippen molar-refractivity contribution < 1.29 is 28.2 Å². The average molecular weight is 619 g/mol. The van der Waals surface area contributed by atoms with Gasteiger partial charge in [-0.1, -0.05) is 27.3 Å². The Hall–Kier alpha value is -3.35. The molecule has 2 aliphatic heterocycles. The van der Waals surface area contributed by atoms with Gasteiger partial charge >= 0.3 is 5.97 Å². The molecule has 1 atom stereocenters. The van der Waals surface area contributed by atoms with E-state index in [2.05, 4.69) is 25.8 Å². The second kappa shape index (κ2) is 11.4. The largest absolute Gasteiger partial charge is 0.493 e. The lowest BCUT2D eigenvalue weighted by molar-refractivity contribution is -0.139. The zero-order chi connectivity index (χ0) is 27.7. The highest BCUT2D eigenvalue weighted by atomic mass is 79.9. The number of ether oxygens (including phenoxy) is 4. The maximum Gasteiger partial charge on any atom is 0.338 e. The van der Waals surface area contributed by atoms with Crippen molar-refractivity contribution in [3.05, 3.63) is 71.0 Å². The topological polar surface area (TPSA) is 105 Å². The maximum atomic E-state index is 13.9. The van der Waals surface area contributed by atoms with E-state index >= 15 is 0 Å². The lowest BCUT2D eigenvalue weighted by Crippen LogP contribution is -2.40. The van der Waals surface area contributed by atoms with Gasteiger partial charge in [0, 0.05) is 29.7 Å². The maximum absolute atomic E-state index is 13.9. The second-order valence-corrected chi connectivity index (χ2v) is 10.7. The number of allylic oxidation sites excluding steroid dienone is 1. The van der Waals surface area contributed by atoms with Crippen LogP contribution >= 0.6 is 27.3 Å². The van der Waals surface area contributed by atoms with Gasteiger partial charge in [0.15, 0.2) is 22.2 Å². The van der Waals surface area contributed by atoms with Crippen molar-refractivity contribution in [1.29, 1.82) is 0 Å². The van der Waals surface area contributed by atoms with Crippen LogP contribution in [0.5, 0.6) is 11.5 Å². The number of carbonyl (C=O) groups is 1. The number of esters is 1. The lowest BCUT2D eigenvalue weighted by Gasteiger charge is -2.26. The summed E-state index contributed by atoms with van der Waals surface area (Å²) in [5.74, 6) is 1.70. The molecule has 39 heavy (non-hydrogen) atoms. The number of methoxy groups -OCH3 is 2. The second-order valence-electron chi connectivity index (χ2n) is 8.81. The van der Waals surface area contributed by atoms with Gasteiger partial charge in [-0.15, -0.1) is 0 Å². The molecular formula is C27H28BrN3O7S. The standard InChI is InChI=1S/C27H28BrN3O7S/c1-5-37-26(33)23-15(2)29-27-31(24(23)17-13-19(34-3)20(35-4)14-18(17)28)25(32)21(39-27)12-16-6-7-22(38-16)30-8-10-36-11-9-30/h6-7,12-14,24H,5,8-11H2,1-4H3/b21-12+/t24-/m1/s1. The van der Waals surface area contributed by atoms with Crippen LogP contribution in [0.25, 0.3) is 6.08 Å². The van der Waals surface area contributed by atoms with E-state index in [1.807, 2.05) is 12.1 Å². The summed E-state index contributed by atoms with van der Waals surface area (Å²) in [6, 6.07) is 6.42. The molecule has 0 saturated carbocycles. The number of hydrogen-bond donors (Lipinski definition) is 0. The van der Waals surface area contributed by atoms with E-state index in [9.17, 15) is 9.59 Å². The zero-order valence-corrected chi connectivity index (χ0v) is 24.4. The Labute approximate surface area is 236 Å². The number of aromatic nitrogens is 1. The number of morpholine rings is 1. The molecular weight excluding hydrogens is 590 g/mol. The molecule has 5 rings (SSSR count). The normalized spacial score (nSPS) is 17.6. The summed E-state index contributed by atoms with van der Waals surface area (Å²) in [4.78, 5) is 34.3. The summed E-state index contributed by atoms with van der Waals surface area (Å²) in [5.41, 5.74) is 1.08. The van der Waals surface area contributed by atoms with Crippen LogP contribution in [-0.2, 0) is 14.3 Å². The number of thiazole rings is 1. The summed E-state index contributed by atoms with van der Waals surface area (Å²) in [6.07, 6.45) is 1.71. The van der Waals surface area contributed by atoms with Gasteiger partial charge in [-0.2, -0.15) is 0 Å². The lowest BCUT2D eigenvalue weighted by atomic mass is 9.95. The first-order valence-corrected chi connectivity index (χ1v) is 14.0. The third kappa shape index (κ3) is 5.15. The van der Waals surface area contributed by atoms with E-state index in [4.69, 9.17) is 23.4 Å². The Bertz CT molecular complexity index is 1610. The van der Waals surface area contributed by atoms with E-state index in [1.165, 1.54) is 23.0 Å². The average Bonchev–Trinajstić information content (AvgIpc) is 3.52. The number of anilines is 1. The SMILES string of the molecule is CCOC(=O)C1=C(C)N=c2s/c(=C/c3ccc(N4CCOCC4)o3)c(=O)n2[C@@H]1c1cc(OC)c(OC)cc1Br. The Morgan fingerprint density at radius 2 is 1.92 bits per heavy atom. The summed E-state index contributed by atoms with van der Waals surface area (Å²) in [6.45, 7) is 6.43. The summed E-state index contributed by atoms with van der Waals surface area (Å²) >= 11 is 4.84. The molecule has 206 valence electrons. The first-order chi connectivity index (χ1) is 18.9. The number of benzene rings is 1. The van der Waals surface area contributed by atoms with E-state index in [1.54, 1.807) is 39.2 Å². The molecule has 4 heterocycles. The smallest absolute Gasteiger partial charge is 0.338 e. The number of furan rings is 1. The predicted molar refractivity (Wildman–Crippen MR) is 149 cm³/mol. The molecule has 0 spiro atoms. The minimum absolute atomic E-state index is 0.184. The molecule has 3 aromatic rings. The van der Waals surface area contributed by atoms with Gasteiger partial charge in [-0.25, -0.2) is 9.79 Å². The van der Waals surface area contributed by atoms with Gasteiger partial charge in [0.1, 0.15) is 5.76 Å². The molecule has 1 aromatic carbocycles. The number of rotatable bonds is 7. The predicted octanol–water partition coefficient (Wildman–Crippen LogP) is 3.01. The third-order valence-electron chi connectivity index (χ3n) is 6.52. The van der Waals surface area contributed by atoms with Gasteiger partial charge in [0.25, 0.3) is 5.56 Å². The van der Waals surface area contributed by atoms with Crippen molar-refractivity contribution in [3.63, 3.8) is 0 Å². The Balaban J connectivity index is 1.66. The van der Waals surface area contributed by atoms with E-state index in [0.29, 0.717) is 55.5 Å². The van der Waals surface area contributed by atoms with Crippen LogP contribution in [0.15, 0.2) is 54.2 Å². The van der Waals surface area contributed by atoms with Crippen LogP contribution < -0.4 is 29.3 Å². The van der Waals surface area contributed by atoms with Crippen molar-refractivity contribution in [2.75, 3.05) is 52.0 Å². The molecule has 2 aromatic heterocycles. The number of nitrogens with zero attached hydrogens (tertiary/aromatic N) is 3. The summed E-state index contributed by atoms with van der Waals surface area (Å²) in [7, 11) is 3.07. The van der Waals surface area contributed by atoms with Gasteiger partial charge < -0.3 is 28.3 Å². The van der Waals surface area contributed by atoms with Crippen LogP contribution in [-0.4, -0.2) is 57.7 Å². The monoisotopic (exact) mass is 617 g/mol. The minimum Gasteiger partial charge on any atom is -0.493 e. The molecule has 0 radical (unpaired) electrons. The molecule has 12 heteroatoms. The van der Waals surface area contributed by atoms with Crippen molar-refractivity contribution in [3.8, 4) is 11.5 Å². The van der Waals surface area contributed by atoms with Crippen molar-refractivity contribution in [2.45, 2.75) is 19.9 Å². The minimum atomic E-state index is -0.808. The summed E-state index contributed by atoms with van der Waals surface area (Å²) < 4.78 is 30.4. The molecule has 10 nitrogen and oxygen atoms in total. The third-order valence-corrected chi connectivity index (χ3v) is 8.19. The van der Waals surface area contributed by atoms with Gasteiger partial charge in [0.05, 0.1) is 55.9 Å². The number of carbonyl (C=O) groups excluding carboxylic acids is 1. The van der Waals surface area contributed by atoms with E-state index < -0.39 is 12.0 Å². The van der Waals surface area contributed by atoms with Gasteiger partial charge in [-0.05, 0) is 37.6 Å². The molecule has 2 aliphatic rings. The molecule has 0 N–H and O–H groups in total. The zero-order valence-electron chi connectivity index (χ0n) is 22.0. The fourth-order valence-corrected chi connectivity index (χ4v) is 6.23. The first-order valence-electron chi connectivity index (χ1n) is 12.4. The van der Waals surface area contributed by atoms with Crippen molar-refractivity contribution in [1.82, 2.24) is 4.57 Å². The number of fused-ring (bicyclic) bond motifs is 1. The van der Waals surface area contributed by atoms with E-state index in [-0.39, 0.29) is 17.7 Å². The van der Waals surface area contributed by atoms with Crippen LogP contribution in [0.2, 0.25) is 0 Å². The highest BCUT2D eigenvalue weighted by Gasteiger charge is 2.35. The van der Waals surface area contributed by atoms with Crippen LogP contribution in [0.4, 0.5) is 5.88 Å². The van der Waals surface area contributed by atoms with Crippen LogP contribution in [0.3, 0.4) is 0 Å². The molecule has 0 unspecified atom stereocenters. The van der Waals surface area contributed by atoms with Gasteiger partial charge in [-0.3, -0.25) is 9.36 Å².